The van der Waals surface area contributed by atoms with Gasteiger partial charge in [-0.15, -0.1) is 0 Å². The molecule has 2 aliphatic carbocycles. The van der Waals surface area contributed by atoms with E-state index in [0.717, 1.165) is 30.0 Å². The third-order valence-electron chi connectivity index (χ3n) is 5.41. The Hall–Kier alpha value is -0.0800. The van der Waals surface area contributed by atoms with Crippen molar-refractivity contribution in [1.82, 2.24) is 10.2 Å². The van der Waals surface area contributed by atoms with E-state index < -0.39 is 0 Å². The lowest BCUT2D eigenvalue weighted by molar-refractivity contribution is 0.218. The highest BCUT2D eigenvalue weighted by atomic mass is 15.2. The van der Waals surface area contributed by atoms with E-state index in [9.17, 15) is 0 Å². The van der Waals surface area contributed by atoms with E-state index in [4.69, 9.17) is 0 Å². The van der Waals surface area contributed by atoms with Crippen LogP contribution in [0.2, 0.25) is 0 Å². The lowest BCUT2D eigenvalue weighted by atomic mass is 9.79. The van der Waals surface area contributed by atoms with Gasteiger partial charge in [-0.25, -0.2) is 0 Å². The summed E-state index contributed by atoms with van der Waals surface area (Å²) in [6.45, 7) is 7.48. The van der Waals surface area contributed by atoms with E-state index >= 15 is 0 Å². The standard InChI is InChI=1S/C16H30N2/c1-12(2)13-4-3-5-14(10-13)17-15-8-9-18(11-15)16-6-7-16/h12-17H,3-11H2,1-2H3. The lowest BCUT2D eigenvalue weighted by Crippen LogP contribution is -2.43. The van der Waals surface area contributed by atoms with Crippen LogP contribution < -0.4 is 5.32 Å². The van der Waals surface area contributed by atoms with Crippen molar-refractivity contribution in [2.75, 3.05) is 13.1 Å². The smallest absolute Gasteiger partial charge is 0.0209 e. The molecule has 1 N–H and O–H groups in total. The molecule has 1 saturated heterocycles. The zero-order chi connectivity index (χ0) is 12.5. The summed E-state index contributed by atoms with van der Waals surface area (Å²) >= 11 is 0. The molecule has 0 aromatic rings. The molecular formula is C16H30N2. The van der Waals surface area contributed by atoms with Gasteiger partial charge in [-0.1, -0.05) is 26.7 Å². The van der Waals surface area contributed by atoms with Crippen LogP contribution in [0.3, 0.4) is 0 Å². The normalized spacial score (nSPS) is 38.5. The van der Waals surface area contributed by atoms with E-state index in [1.54, 1.807) is 0 Å². The lowest BCUT2D eigenvalue weighted by Gasteiger charge is -2.34. The summed E-state index contributed by atoms with van der Waals surface area (Å²) in [5.74, 6) is 1.85. The first-order valence-corrected chi connectivity index (χ1v) is 8.22. The minimum absolute atomic E-state index is 0.793. The fraction of sp³-hybridized carbons (Fsp3) is 1.00. The first-order chi connectivity index (χ1) is 8.72. The fourth-order valence-electron chi connectivity index (χ4n) is 4.01. The number of hydrogen-bond acceptors (Lipinski definition) is 2. The molecule has 18 heavy (non-hydrogen) atoms. The second-order valence-electron chi connectivity index (χ2n) is 7.25. The van der Waals surface area contributed by atoms with Gasteiger partial charge in [-0.2, -0.15) is 0 Å². The molecule has 0 amide bonds. The van der Waals surface area contributed by atoms with Gasteiger partial charge in [0, 0.05) is 31.2 Å². The molecule has 2 heteroatoms. The van der Waals surface area contributed by atoms with E-state index in [-0.39, 0.29) is 0 Å². The Morgan fingerprint density at radius 2 is 1.83 bits per heavy atom. The van der Waals surface area contributed by atoms with Crippen LogP contribution >= 0.6 is 0 Å². The van der Waals surface area contributed by atoms with Crippen LogP contribution in [-0.2, 0) is 0 Å². The van der Waals surface area contributed by atoms with E-state index in [0.29, 0.717) is 0 Å². The van der Waals surface area contributed by atoms with Crippen molar-refractivity contribution in [3.05, 3.63) is 0 Å². The molecule has 104 valence electrons. The van der Waals surface area contributed by atoms with Crippen LogP contribution in [0, 0.1) is 11.8 Å². The van der Waals surface area contributed by atoms with Crippen LogP contribution in [0.15, 0.2) is 0 Å². The summed E-state index contributed by atoms with van der Waals surface area (Å²) < 4.78 is 0. The van der Waals surface area contributed by atoms with Crippen molar-refractivity contribution in [2.45, 2.75) is 76.9 Å². The highest BCUT2D eigenvalue weighted by molar-refractivity contribution is 4.93. The summed E-state index contributed by atoms with van der Waals surface area (Å²) in [5, 5.41) is 3.97. The van der Waals surface area contributed by atoms with Gasteiger partial charge < -0.3 is 5.32 Å². The van der Waals surface area contributed by atoms with E-state index in [2.05, 4.69) is 24.1 Å². The Balaban J connectivity index is 1.44. The molecule has 3 aliphatic rings. The maximum Gasteiger partial charge on any atom is 0.0209 e. The summed E-state index contributed by atoms with van der Waals surface area (Å²) in [5.41, 5.74) is 0. The summed E-state index contributed by atoms with van der Waals surface area (Å²) in [6, 6.07) is 2.57. The van der Waals surface area contributed by atoms with Crippen LogP contribution in [0.5, 0.6) is 0 Å². The summed E-state index contributed by atoms with van der Waals surface area (Å²) in [7, 11) is 0. The van der Waals surface area contributed by atoms with Gasteiger partial charge >= 0.3 is 0 Å². The van der Waals surface area contributed by atoms with Gasteiger partial charge in [0.15, 0.2) is 0 Å². The fourth-order valence-corrected chi connectivity index (χ4v) is 4.01. The number of hydrogen-bond donors (Lipinski definition) is 1. The summed E-state index contributed by atoms with van der Waals surface area (Å²) in [6.07, 6.45) is 10.1. The molecule has 0 aromatic heterocycles. The SMILES string of the molecule is CC(C)C1CCCC(NC2CCN(C3CC3)C2)C1. The highest BCUT2D eigenvalue weighted by Gasteiger charge is 2.35. The van der Waals surface area contributed by atoms with Gasteiger partial charge in [-0.05, 0) is 43.9 Å². The maximum absolute atomic E-state index is 3.97. The molecular weight excluding hydrogens is 220 g/mol. The largest absolute Gasteiger partial charge is 0.310 e. The van der Waals surface area contributed by atoms with Gasteiger partial charge in [-0.3, -0.25) is 4.90 Å². The Morgan fingerprint density at radius 3 is 2.56 bits per heavy atom. The molecule has 3 fully saturated rings. The minimum Gasteiger partial charge on any atom is -0.310 e. The Morgan fingerprint density at radius 1 is 1.00 bits per heavy atom. The van der Waals surface area contributed by atoms with Gasteiger partial charge in [0.25, 0.3) is 0 Å². The quantitative estimate of drug-likeness (QED) is 0.825. The molecule has 0 aromatic carbocycles. The molecule has 0 radical (unpaired) electrons. The van der Waals surface area contributed by atoms with Crippen molar-refractivity contribution in [2.24, 2.45) is 11.8 Å². The van der Waals surface area contributed by atoms with Crippen LogP contribution in [0.25, 0.3) is 0 Å². The Labute approximate surface area is 113 Å². The van der Waals surface area contributed by atoms with Crippen molar-refractivity contribution < 1.29 is 0 Å². The van der Waals surface area contributed by atoms with Gasteiger partial charge in [0.2, 0.25) is 0 Å². The minimum atomic E-state index is 0.793. The maximum atomic E-state index is 3.97. The zero-order valence-electron chi connectivity index (χ0n) is 12.2. The molecule has 1 aliphatic heterocycles. The predicted molar refractivity (Wildman–Crippen MR) is 76.7 cm³/mol. The zero-order valence-corrected chi connectivity index (χ0v) is 12.2. The van der Waals surface area contributed by atoms with Crippen LogP contribution in [0.1, 0.15) is 58.8 Å². The first kappa shape index (κ1) is 12.9. The number of nitrogens with zero attached hydrogens (tertiary/aromatic N) is 1. The molecule has 3 unspecified atom stereocenters. The Bertz CT molecular complexity index is 272. The second-order valence-corrected chi connectivity index (χ2v) is 7.25. The van der Waals surface area contributed by atoms with E-state index in [1.807, 2.05) is 0 Å². The first-order valence-electron chi connectivity index (χ1n) is 8.22. The molecule has 3 atom stereocenters. The van der Waals surface area contributed by atoms with E-state index in [1.165, 1.54) is 58.0 Å². The Kier molecular flexibility index (Phi) is 3.95. The topological polar surface area (TPSA) is 15.3 Å². The van der Waals surface area contributed by atoms with Crippen molar-refractivity contribution >= 4 is 0 Å². The van der Waals surface area contributed by atoms with Crippen molar-refractivity contribution in [3.63, 3.8) is 0 Å². The molecule has 2 nitrogen and oxygen atoms in total. The molecule has 0 bridgehead atoms. The van der Waals surface area contributed by atoms with Gasteiger partial charge in [0.05, 0.1) is 0 Å². The number of likely N-dealkylation sites (tertiary alicyclic amines) is 1. The third kappa shape index (κ3) is 3.08. The molecule has 2 saturated carbocycles. The monoisotopic (exact) mass is 250 g/mol. The average molecular weight is 250 g/mol. The van der Waals surface area contributed by atoms with Crippen molar-refractivity contribution in [3.8, 4) is 0 Å². The molecule has 0 spiro atoms. The molecule has 1 heterocycles. The number of rotatable bonds is 4. The molecule has 3 rings (SSSR count). The highest BCUT2D eigenvalue weighted by Crippen LogP contribution is 2.32. The predicted octanol–water partition coefficient (Wildman–Crippen LogP) is 3.03. The summed E-state index contributed by atoms with van der Waals surface area (Å²) in [4.78, 5) is 2.72. The second kappa shape index (κ2) is 5.50. The average Bonchev–Trinajstić information content (AvgIpc) is 3.11. The van der Waals surface area contributed by atoms with Crippen LogP contribution in [-0.4, -0.2) is 36.1 Å². The van der Waals surface area contributed by atoms with Gasteiger partial charge in [0.1, 0.15) is 0 Å². The number of nitrogens with one attached hydrogen (secondary N) is 1. The van der Waals surface area contributed by atoms with Crippen molar-refractivity contribution in [1.29, 1.82) is 0 Å². The van der Waals surface area contributed by atoms with Crippen LogP contribution in [0.4, 0.5) is 0 Å². The third-order valence-corrected chi connectivity index (χ3v) is 5.41.